The summed E-state index contributed by atoms with van der Waals surface area (Å²) in [6.07, 6.45) is 6.59. The molecule has 9 heteroatoms. The van der Waals surface area contributed by atoms with E-state index in [9.17, 15) is 9.59 Å². The van der Waals surface area contributed by atoms with E-state index in [1.807, 2.05) is 17.0 Å². The molecule has 1 saturated heterocycles. The topological polar surface area (TPSA) is 91.6 Å². The van der Waals surface area contributed by atoms with Gasteiger partial charge in [-0.2, -0.15) is 0 Å². The first-order valence-corrected chi connectivity index (χ1v) is 10.2. The minimum Gasteiger partial charge on any atom is -0.465 e. The summed E-state index contributed by atoms with van der Waals surface area (Å²) >= 11 is 1.57. The molecule has 3 aromatic rings. The van der Waals surface area contributed by atoms with Gasteiger partial charge in [0.2, 0.25) is 11.8 Å². The lowest BCUT2D eigenvalue weighted by atomic mass is 10.3. The van der Waals surface area contributed by atoms with Gasteiger partial charge in [0.15, 0.2) is 5.13 Å². The van der Waals surface area contributed by atoms with Crippen LogP contribution in [-0.2, 0) is 9.59 Å². The minimum absolute atomic E-state index is 0.0472. The molecule has 4 heterocycles. The third-order valence-corrected chi connectivity index (χ3v) is 5.68. The zero-order chi connectivity index (χ0) is 20.1. The van der Waals surface area contributed by atoms with Gasteiger partial charge in [0, 0.05) is 51.4 Å². The first-order chi connectivity index (χ1) is 14.2. The van der Waals surface area contributed by atoms with E-state index in [0.717, 1.165) is 28.6 Å². The number of carbonyl (C=O) groups is 2. The quantitative estimate of drug-likeness (QED) is 0.625. The number of carbonyl (C=O) groups excluding carboxylic acids is 2. The lowest BCUT2D eigenvalue weighted by molar-refractivity contribution is -0.131. The number of furan rings is 1. The number of hydrogen-bond acceptors (Lipinski definition) is 7. The van der Waals surface area contributed by atoms with Crippen LogP contribution in [0.3, 0.4) is 0 Å². The van der Waals surface area contributed by atoms with Gasteiger partial charge in [0.25, 0.3) is 0 Å². The van der Waals surface area contributed by atoms with E-state index in [1.54, 1.807) is 42.0 Å². The Hall–Kier alpha value is -3.20. The molecule has 29 heavy (non-hydrogen) atoms. The van der Waals surface area contributed by atoms with E-state index >= 15 is 0 Å². The molecule has 150 valence electrons. The number of hydrogen-bond donors (Lipinski definition) is 1. The van der Waals surface area contributed by atoms with Crippen LogP contribution < -0.4 is 10.2 Å². The standard InChI is InChI=1S/C20H21N5O3S/c26-17(6-5-15-3-2-14-28-15)21-9-7-18(27)24-10-12-25(13-11-24)20-23-16-4-1-8-22-19(16)29-20/h1-6,8,14H,7,9-13H2,(H,21,26)/b6-5+. The van der Waals surface area contributed by atoms with E-state index in [-0.39, 0.29) is 18.2 Å². The second kappa shape index (κ2) is 8.87. The maximum Gasteiger partial charge on any atom is 0.244 e. The summed E-state index contributed by atoms with van der Waals surface area (Å²) in [6.45, 7) is 3.08. The molecule has 1 fully saturated rings. The number of aromatic nitrogens is 2. The number of fused-ring (bicyclic) bond motifs is 1. The van der Waals surface area contributed by atoms with Gasteiger partial charge in [0.05, 0.1) is 6.26 Å². The summed E-state index contributed by atoms with van der Waals surface area (Å²) in [6, 6.07) is 7.36. The highest BCUT2D eigenvalue weighted by Crippen LogP contribution is 2.27. The molecule has 1 aliphatic heterocycles. The highest BCUT2D eigenvalue weighted by molar-refractivity contribution is 7.21. The molecule has 3 aromatic heterocycles. The molecule has 0 radical (unpaired) electrons. The van der Waals surface area contributed by atoms with Gasteiger partial charge >= 0.3 is 0 Å². The fraction of sp³-hybridized carbons (Fsp3) is 0.300. The zero-order valence-electron chi connectivity index (χ0n) is 15.8. The normalized spacial score (nSPS) is 14.6. The van der Waals surface area contributed by atoms with Crippen LogP contribution in [0.15, 0.2) is 47.2 Å². The Labute approximate surface area is 171 Å². The van der Waals surface area contributed by atoms with E-state index < -0.39 is 0 Å². The Morgan fingerprint density at radius 3 is 2.83 bits per heavy atom. The summed E-state index contributed by atoms with van der Waals surface area (Å²) in [4.78, 5) is 38.1. The number of anilines is 1. The van der Waals surface area contributed by atoms with Crippen molar-refractivity contribution in [1.82, 2.24) is 20.2 Å². The molecular weight excluding hydrogens is 390 g/mol. The van der Waals surface area contributed by atoms with Crippen molar-refractivity contribution in [2.24, 2.45) is 0 Å². The second-order valence-corrected chi connectivity index (χ2v) is 7.54. The average molecular weight is 411 g/mol. The fourth-order valence-electron chi connectivity index (χ4n) is 3.09. The Morgan fingerprint density at radius 2 is 2.07 bits per heavy atom. The molecule has 4 rings (SSSR count). The molecule has 0 unspecified atom stereocenters. The first kappa shape index (κ1) is 19.1. The summed E-state index contributed by atoms with van der Waals surface area (Å²) in [5, 5.41) is 3.67. The van der Waals surface area contributed by atoms with Crippen molar-refractivity contribution in [3.8, 4) is 0 Å². The highest BCUT2D eigenvalue weighted by Gasteiger charge is 2.23. The highest BCUT2D eigenvalue weighted by atomic mass is 32.1. The molecule has 0 spiro atoms. The number of piperazine rings is 1. The average Bonchev–Trinajstić information content (AvgIpc) is 3.42. The van der Waals surface area contributed by atoms with E-state index in [4.69, 9.17) is 4.42 Å². The van der Waals surface area contributed by atoms with Crippen LogP contribution in [0.5, 0.6) is 0 Å². The van der Waals surface area contributed by atoms with Gasteiger partial charge in [-0.25, -0.2) is 9.97 Å². The van der Waals surface area contributed by atoms with Crippen LogP contribution in [0, 0.1) is 0 Å². The van der Waals surface area contributed by atoms with Crippen molar-refractivity contribution in [2.45, 2.75) is 6.42 Å². The monoisotopic (exact) mass is 411 g/mol. The summed E-state index contributed by atoms with van der Waals surface area (Å²) < 4.78 is 5.12. The summed E-state index contributed by atoms with van der Waals surface area (Å²) in [5.74, 6) is 0.410. The molecule has 0 aliphatic carbocycles. The van der Waals surface area contributed by atoms with Crippen LogP contribution >= 0.6 is 11.3 Å². The minimum atomic E-state index is -0.247. The Balaban J connectivity index is 1.20. The molecule has 1 N–H and O–H groups in total. The molecule has 0 aromatic carbocycles. The van der Waals surface area contributed by atoms with Crippen LogP contribution in [0.2, 0.25) is 0 Å². The molecule has 0 saturated carbocycles. The lowest BCUT2D eigenvalue weighted by Gasteiger charge is -2.34. The van der Waals surface area contributed by atoms with Crippen molar-refractivity contribution in [3.63, 3.8) is 0 Å². The third-order valence-electron chi connectivity index (χ3n) is 4.64. The molecule has 8 nitrogen and oxygen atoms in total. The van der Waals surface area contributed by atoms with Crippen molar-refractivity contribution in [3.05, 3.63) is 48.6 Å². The fourth-order valence-corrected chi connectivity index (χ4v) is 4.05. The molecule has 1 aliphatic rings. The largest absolute Gasteiger partial charge is 0.465 e. The number of amides is 2. The van der Waals surface area contributed by atoms with Gasteiger partial charge in [-0.1, -0.05) is 11.3 Å². The molecular formula is C20H21N5O3S. The maximum absolute atomic E-state index is 12.4. The summed E-state index contributed by atoms with van der Waals surface area (Å²) in [7, 11) is 0. The predicted octanol–water partition coefficient (Wildman–Crippen LogP) is 2.15. The second-order valence-electron chi connectivity index (χ2n) is 6.58. The molecule has 0 atom stereocenters. The van der Waals surface area contributed by atoms with E-state index in [2.05, 4.69) is 20.2 Å². The smallest absolute Gasteiger partial charge is 0.244 e. The third kappa shape index (κ3) is 4.80. The van der Waals surface area contributed by atoms with Gasteiger partial charge in [0.1, 0.15) is 16.1 Å². The van der Waals surface area contributed by atoms with Gasteiger partial charge in [-0.05, 0) is 30.3 Å². The van der Waals surface area contributed by atoms with Crippen molar-refractivity contribution < 1.29 is 14.0 Å². The number of pyridine rings is 1. The van der Waals surface area contributed by atoms with E-state index in [1.165, 1.54) is 6.08 Å². The zero-order valence-corrected chi connectivity index (χ0v) is 16.6. The number of nitrogens with one attached hydrogen (secondary N) is 1. The van der Waals surface area contributed by atoms with E-state index in [0.29, 0.717) is 25.4 Å². The van der Waals surface area contributed by atoms with Gasteiger partial charge in [-0.15, -0.1) is 0 Å². The number of nitrogens with zero attached hydrogens (tertiary/aromatic N) is 4. The van der Waals surface area contributed by atoms with Gasteiger partial charge in [-0.3, -0.25) is 9.59 Å². The Bertz CT molecular complexity index is 973. The SMILES string of the molecule is O=C(/C=C/c1ccco1)NCCC(=O)N1CCN(c2nc3cccnc3s2)CC1. The Morgan fingerprint density at radius 1 is 1.21 bits per heavy atom. The van der Waals surface area contributed by atoms with Crippen molar-refractivity contribution in [2.75, 3.05) is 37.6 Å². The van der Waals surface area contributed by atoms with Crippen LogP contribution in [0.4, 0.5) is 5.13 Å². The number of rotatable bonds is 6. The summed E-state index contributed by atoms with van der Waals surface area (Å²) in [5.41, 5.74) is 0.905. The predicted molar refractivity (Wildman–Crippen MR) is 112 cm³/mol. The molecule has 0 bridgehead atoms. The molecule has 2 amide bonds. The van der Waals surface area contributed by atoms with Crippen molar-refractivity contribution >= 4 is 44.7 Å². The van der Waals surface area contributed by atoms with Crippen molar-refractivity contribution in [1.29, 1.82) is 0 Å². The lowest BCUT2D eigenvalue weighted by Crippen LogP contribution is -2.49. The van der Waals surface area contributed by atoms with Crippen LogP contribution in [0.25, 0.3) is 16.4 Å². The van der Waals surface area contributed by atoms with Gasteiger partial charge < -0.3 is 19.5 Å². The van der Waals surface area contributed by atoms with Crippen LogP contribution in [0.1, 0.15) is 12.2 Å². The first-order valence-electron chi connectivity index (χ1n) is 9.43. The maximum atomic E-state index is 12.4. The number of thiazole rings is 1. The van der Waals surface area contributed by atoms with Crippen LogP contribution in [-0.4, -0.2) is 59.4 Å². The Kier molecular flexibility index (Phi) is 5.85.